The van der Waals surface area contributed by atoms with Crippen molar-refractivity contribution >= 4 is 11.7 Å². The summed E-state index contributed by atoms with van der Waals surface area (Å²) < 4.78 is 0. The Hall–Kier alpha value is -0.900. The van der Waals surface area contributed by atoms with Crippen molar-refractivity contribution in [3.05, 3.63) is 0 Å². The van der Waals surface area contributed by atoms with Crippen molar-refractivity contribution in [2.45, 2.75) is 26.8 Å². The SMILES string of the molecule is CC(=O)C(NC(=O)CN(C)C)C(C)C. The number of carbonyl (C=O) groups excluding carboxylic acids is 2. The molecule has 0 saturated heterocycles. The van der Waals surface area contributed by atoms with Crippen molar-refractivity contribution in [1.82, 2.24) is 10.2 Å². The number of hydrogen-bond donors (Lipinski definition) is 1. The maximum atomic E-state index is 11.4. The van der Waals surface area contributed by atoms with Gasteiger partial charge in [-0.2, -0.15) is 0 Å². The van der Waals surface area contributed by atoms with Crippen molar-refractivity contribution in [3.63, 3.8) is 0 Å². The van der Waals surface area contributed by atoms with E-state index in [9.17, 15) is 9.59 Å². The topological polar surface area (TPSA) is 49.4 Å². The van der Waals surface area contributed by atoms with Gasteiger partial charge in [-0.1, -0.05) is 13.8 Å². The van der Waals surface area contributed by atoms with Gasteiger partial charge in [0, 0.05) is 0 Å². The molecule has 1 unspecified atom stereocenters. The van der Waals surface area contributed by atoms with E-state index in [0.717, 1.165) is 0 Å². The predicted octanol–water partition coefficient (Wildman–Crippen LogP) is 0.278. The summed E-state index contributed by atoms with van der Waals surface area (Å²) in [6.07, 6.45) is 0. The highest BCUT2D eigenvalue weighted by Gasteiger charge is 2.20. The Morgan fingerprint density at radius 1 is 1.29 bits per heavy atom. The fourth-order valence-corrected chi connectivity index (χ4v) is 1.24. The molecule has 0 aliphatic heterocycles. The first-order valence-electron chi connectivity index (χ1n) is 4.79. The molecule has 0 bridgehead atoms. The molecule has 1 N–H and O–H groups in total. The van der Waals surface area contributed by atoms with Crippen LogP contribution in [0.3, 0.4) is 0 Å². The molecule has 0 fully saturated rings. The molecular formula is C10H20N2O2. The third kappa shape index (κ3) is 4.97. The van der Waals surface area contributed by atoms with Gasteiger partial charge >= 0.3 is 0 Å². The number of nitrogens with zero attached hydrogens (tertiary/aromatic N) is 1. The average molecular weight is 200 g/mol. The molecule has 14 heavy (non-hydrogen) atoms. The van der Waals surface area contributed by atoms with E-state index in [2.05, 4.69) is 5.32 Å². The molecule has 0 saturated carbocycles. The lowest BCUT2D eigenvalue weighted by molar-refractivity contribution is -0.128. The van der Waals surface area contributed by atoms with Crippen LogP contribution in [0.4, 0.5) is 0 Å². The van der Waals surface area contributed by atoms with Gasteiger partial charge < -0.3 is 10.2 Å². The molecule has 0 aromatic heterocycles. The largest absolute Gasteiger partial charge is 0.345 e. The fraction of sp³-hybridized carbons (Fsp3) is 0.800. The van der Waals surface area contributed by atoms with E-state index in [1.807, 2.05) is 27.9 Å². The van der Waals surface area contributed by atoms with Crippen LogP contribution in [0.1, 0.15) is 20.8 Å². The van der Waals surface area contributed by atoms with Crippen LogP contribution < -0.4 is 5.32 Å². The van der Waals surface area contributed by atoms with Gasteiger partial charge in [0.15, 0.2) is 5.78 Å². The van der Waals surface area contributed by atoms with E-state index in [-0.39, 0.29) is 23.7 Å². The van der Waals surface area contributed by atoms with E-state index < -0.39 is 0 Å². The summed E-state index contributed by atoms with van der Waals surface area (Å²) in [5.74, 6) is 0.0367. The maximum Gasteiger partial charge on any atom is 0.234 e. The van der Waals surface area contributed by atoms with Crippen LogP contribution in [-0.2, 0) is 9.59 Å². The summed E-state index contributed by atoms with van der Waals surface area (Å²) in [5.41, 5.74) is 0. The van der Waals surface area contributed by atoms with Crippen molar-refractivity contribution < 1.29 is 9.59 Å². The average Bonchev–Trinajstić information content (AvgIpc) is 1.97. The zero-order chi connectivity index (χ0) is 11.3. The number of ketones is 1. The number of likely N-dealkylation sites (N-methyl/N-ethyl adjacent to an activating group) is 1. The van der Waals surface area contributed by atoms with E-state index in [1.54, 1.807) is 4.90 Å². The molecule has 4 nitrogen and oxygen atoms in total. The molecule has 82 valence electrons. The third-order valence-corrected chi connectivity index (χ3v) is 1.88. The zero-order valence-corrected chi connectivity index (χ0v) is 9.63. The second-order valence-corrected chi connectivity index (χ2v) is 4.14. The van der Waals surface area contributed by atoms with Crippen molar-refractivity contribution in [2.75, 3.05) is 20.6 Å². The molecule has 1 atom stereocenters. The summed E-state index contributed by atoms with van der Waals surface area (Å²) >= 11 is 0. The van der Waals surface area contributed by atoms with Crippen molar-refractivity contribution in [3.8, 4) is 0 Å². The molecule has 0 aromatic carbocycles. The molecule has 4 heteroatoms. The highest BCUT2D eigenvalue weighted by Crippen LogP contribution is 2.02. The number of carbonyl (C=O) groups is 2. The van der Waals surface area contributed by atoms with Crippen LogP contribution in [-0.4, -0.2) is 43.3 Å². The van der Waals surface area contributed by atoms with Crippen molar-refractivity contribution in [2.24, 2.45) is 5.92 Å². The molecule has 0 aromatic rings. The first-order chi connectivity index (χ1) is 6.34. The number of amides is 1. The van der Waals surface area contributed by atoms with Crippen molar-refractivity contribution in [1.29, 1.82) is 0 Å². The molecule has 0 spiro atoms. The zero-order valence-electron chi connectivity index (χ0n) is 9.63. The standard InChI is InChI=1S/C10H20N2O2/c1-7(2)10(8(3)13)11-9(14)6-12(4)5/h7,10H,6H2,1-5H3,(H,11,14). The number of Topliss-reactive ketones (excluding diaryl/α,β-unsaturated/α-hetero) is 1. The quantitative estimate of drug-likeness (QED) is 0.693. The smallest absolute Gasteiger partial charge is 0.234 e. The van der Waals surface area contributed by atoms with Crippen LogP contribution >= 0.6 is 0 Å². The van der Waals surface area contributed by atoms with E-state index >= 15 is 0 Å². The van der Waals surface area contributed by atoms with Gasteiger partial charge in [0.2, 0.25) is 5.91 Å². The number of nitrogens with one attached hydrogen (secondary N) is 1. The lowest BCUT2D eigenvalue weighted by Crippen LogP contribution is -2.46. The first kappa shape index (κ1) is 13.1. The minimum atomic E-state index is -0.359. The predicted molar refractivity (Wildman–Crippen MR) is 56.0 cm³/mol. The molecule has 0 heterocycles. The van der Waals surface area contributed by atoms with Gasteiger partial charge in [-0.3, -0.25) is 9.59 Å². The van der Waals surface area contributed by atoms with E-state index in [4.69, 9.17) is 0 Å². The van der Waals surface area contributed by atoms with Gasteiger partial charge in [-0.05, 0) is 26.9 Å². The summed E-state index contributed by atoms with van der Waals surface area (Å²) in [7, 11) is 3.63. The van der Waals surface area contributed by atoms with Crippen LogP contribution in [0.15, 0.2) is 0 Å². The second-order valence-electron chi connectivity index (χ2n) is 4.14. The van der Waals surface area contributed by atoms with Gasteiger partial charge in [0.25, 0.3) is 0 Å². The molecule has 0 radical (unpaired) electrons. The highest BCUT2D eigenvalue weighted by molar-refractivity contribution is 5.88. The molecule has 0 aliphatic rings. The molecule has 0 rings (SSSR count). The van der Waals surface area contributed by atoms with Gasteiger partial charge in [0.1, 0.15) is 0 Å². The van der Waals surface area contributed by atoms with Crippen LogP contribution in [0.2, 0.25) is 0 Å². The van der Waals surface area contributed by atoms with Crippen LogP contribution in [0.25, 0.3) is 0 Å². The Labute approximate surface area is 85.7 Å². The molecular weight excluding hydrogens is 180 g/mol. The first-order valence-corrected chi connectivity index (χ1v) is 4.79. The maximum absolute atomic E-state index is 11.4. The monoisotopic (exact) mass is 200 g/mol. The van der Waals surface area contributed by atoms with E-state index in [1.165, 1.54) is 6.92 Å². The van der Waals surface area contributed by atoms with Crippen LogP contribution in [0, 0.1) is 5.92 Å². The highest BCUT2D eigenvalue weighted by atomic mass is 16.2. The Morgan fingerprint density at radius 2 is 1.79 bits per heavy atom. The summed E-state index contributed by atoms with van der Waals surface area (Å²) in [5, 5.41) is 2.72. The minimum absolute atomic E-state index is 0.00658. The Morgan fingerprint density at radius 3 is 2.07 bits per heavy atom. The lowest BCUT2D eigenvalue weighted by atomic mass is 10.0. The second kappa shape index (κ2) is 5.75. The summed E-state index contributed by atoms with van der Waals surface area (Å²) in [6.45, 7) is 5.65. The minimum Gasteiger partial charge on any atom is -0.345 e. The summed E-state index contributed by atoms with van der Waals surface area (Å²) in [6, 6.07) is -0.359. The summed E-state index contributed by atoms with van der Waals surface area (Å²) in [4.78, 5) is 24.3. The van der Waals surface area contributed by atoms with Gasteiger partial charge in [-0.25, -0.2) is 0 Å². The van der Waals surface area contributed by atoms with Gasteiger partial charge in [0.05, 0.1) is 12.6 Å². The Balaban J connectivity index is 4.17. The van der Waals surface area contributed by atoms with Crippen LogP contribution in [0.5, 0.6) is 0 Å². The lowest BCUT2D eigenvalue weighted by Gasteiger charge is -2.20. The number of hydrogen-bond acceptors (Lipinski definition) is 3. The van der Waals surface area contributed by atoms with E-state index in [0.29, 0.717) is 6.54 Å². The molecule has 0 aliphatic carbocycles. The fourth-order valence-electron chi connectivity index (χ4n) is 1.24. The normalized spacial score (nSPS) is 13.1. The molecule has 1 amide bonds. The Bertz CT molecular complexity index is 212. The van der Waals surface area contributed by atoms with Gasteiger partial charge in [-0.15, -0.1) is 0 Å². The third-order valence-electron chi connectivity index (χ3n) is 1.88. The number of rotatable bonds is 5. The Kier molecular flexibility index (Phi) is 5.38.